The number of nitrogens with one attached hydrogen (secondary N) is 2. The molecule has 0 bridgehead atoms. The molecule has 7 nitrogen and oxygen atoms in total. The van der Waals surface area contributed by atoms with Gasteiger partial charge in [-0.3, -0.25) is 14.4 Å². The molecular formula is C26H38N4O3. The van der Waals surface area contributed by atoms with Crippen molar-refractivity contribution >= 4 is 17.7 Å². The Labute approximate surface area is 197 Å². The fourth-order valence-corrected chi connectivity index (χ4v) is 5.74. The minimum Gasteiger partial charge on any atom is -0.343 e. The summed E-state index contributed by atoms with van der Waals surface area (Å²) in [5, 5.41) is 6.01. The lowest BCUT2D eigenvalue weighted by Crippen LogP contribution is -2.57. The highest BCUT2D eigenvalue weighted by Crippen LogP contribution is 2.35. The molecule has 2 saturated heterocycles. The second-order valence-corrected chi connectivity index (χ2v) is 9.94. The van der Waals surface area contributed by atoms with Crippen LogP contribution in [0.1, 0.15) is 51.0 Å². The molecule has 4 atom stereocenters. The predicted molar refractivity (Wildman–Crippen MR) is 127 cm³/mol. The largest absolute Gasteiger partial charge is 0.343 e. The Hall–Kier alpha value is -2.41. The molecule has 3 amide bonds. The summed E-state index contributed by atoms with van der Waals surface area (Å²) < 4.78 is 0. The molecule has 3 fully saturated rings. The van der Waals surface area contributed by atoms with Crippen LogP contribution in [0.25, 0.3) is 0 Å². The Morgan fingerprint density at radius 3 is 2.52 bits per heavy atom. The molecule has 2 aliphatic heterocycles. The molecular weight excluding hydrogens is 416 g/mol. The van der Waals surface area contributed by atoms with Crippen molar-refractivity contribution in [3.05, 3.63) is 35.9 Å². The van der Waals surface area contributed by atoms with Gasteiger partial charge in [-0.05, 0) is 51.1 Å². The minimum absolute atomic E-state index is 0.0655. The Bertz CT molecular complexity index is 839. The van der Waals surface area contributed by atoms with Crippen LogP contribution in [0.15, 0.2) is 30.3 Å². The zero-order valence-electron chi connectivity index (χ0n) is 20.0. The van der Waals surface area contributed by atoms with E-state index in [1.807, 2.05) is 23.1 Å². The molecule has 1 aromatic carbocycles. The minimum atomic E-state index is -0.543. The summed E-state index contributed by atoms with van der Waals surface area (Å²) in [7, 11) is 1.74. The van der Waals surface area contributed by atoms with E-state index in [-0.39, 0.29) is 41.6 Å². The summed E-state index contributed by atoms with van der Waals surface area (Å²) in [6, 6.07) is 8.92. The van der Waals surface area contributed by atoms with Crippen molar-refractivity contribution in [2.75, 3.05) is 26.7 Å². The summed E-state index contributed by atoms with van der Waals surface area (Å²) >= 11 is 0. The predicted octanol–water partition coefficient (Wildman–Crippen LogP) is 1.96. The lowest BCUT2D eigenvalue weighted by molar-refractivity contribution is -0.144. The Morgan fingerprint density at radius 1 is 1.09 bits per heavy atom. The highest BCUT2D eigenvalue weighted by Gasteiger charge is 2.51. The van der Waals surface area contributed by atoms with E-state index in [1.165, 1.54) is 12.0 Å². The summed E-state index contributed by atoms with van der Waals surface area (Å²) in [6.45, 7) is 3.81. The maximum absolute atomic E-state index is 13.8. The molecule has 33 heavy (non-hydrogen) atoms. The second-order valence-electron chi connectivity index (χ2n) is 9.94. The van der Waals surface area contributed by atoms with Gasteiger partial charge < -0.3 is 20.4 Å². The molecule has 0 aromatic heterocycles. The highest BCUT2D eigenvalue weighted by molar-refractivity contribution is 5.94. The summed E-state index contributed by atoms with van der Waals surface area (Å²) in [5.41, 5.74) is 1.22. The molecule has 7 heteroatoms. The number of nitrogens with zero attached hydrogens (tertiary/aromatic N) is 2. The zero-order valence-corrected chi connectivity index (χ0v) is 20.0. The standard InChI is InChI=1S/C26H38N4O3/c1-18(27-2)24(31)28-22(20-11-7-4-8-12-20)25(32)30-16-14-21-17-29(26(33)23(21)30)15-13-19-9-5-3-6-10-19/h3,5-6,9-10,18,20-23,27H,4,7-8,11-17H2,1-2H3,(H,28,31)/t18-,21-,22-,23-/m0/s1. The van der Waals surface area contributed by atoms with Crippen LogP contribution in [-0.4, -0.2) is 72.3 Å². The third-order valence-corrected chi connectivity index (χ3v) is 7.85. The molecule has 4 rings (SSSR count). The molecule has 0 unspecified atom stereocenters. The van der Waals surface area contributed by atoms with Crippen LogP contribution in [0, 0.1) is 11.8 Å². The normalized spacial score (nSPS) is 25.1. The topological polar surface area (TPSA) is 81.8 Å². The molecule has 1 aliphatic carbocycles. The number of rotatable bonds is 8. The number of fused-ring (bicyclic) bond motifs is 1. The van der Waals surface area contributed by atoms with Gasteiger partial charge in [0.2, 0.25) is 17.7 Å². The summed E-state index contributed by atoms with van der Waals surface area (Å²) in [5.74, 6) is 0.183. The number of likely N-dealkylation sites (N-methyl/N-ethyl adjacent to an activating group) is 1. The fourth-order valence-electron chi connectivity index (χ4n) is 5.74. The zero-order chi connectivity index (χ0) is 23.4. The third-order valence-electron chi connectivity index (χ3n) is 7.85. The first-order valence-electron chi connectivity index (χ1n) is 12.6. The van der Waals surface area contributed by atoms with Gasteiger partial charge in [0, 0.05) is 25.6 Å². The van der Waals surface area contributed by atoms with Crippen LogP contribution in [0.3, 0.4) is 0 Å². The number of likely N-dealkylation sites (tertiary alicyclic amines) is 2. The monoisotopic (exact) mass is 454 g/mol. The van der Waals surface area contributed by atoms with Crippen molar-refractivity contribution < 1.29 is 14.4 Å². The number of benzene rings is 1. The molecule has 2 N–H and O–H groups in total. The molecule has 3 aliphatic rings. The number of carbonyl (C=O) groups is 3. The van der Waals surface area contributed by atoms with Gasteiger partial charge in [-0.1, -0.05) is 49.6 Å². The van der Waals surface area contributed by atoms with E-state index in [1.54, 1.807) is 18.9 Å². The van der Waals surface area contributed by atoms with Gasteiger partial charge in [-0.2, -0.15) is 0 Å². The van der Waals surface area contributed by atoms with Gasteiger partial charge >= 0.3 is 0 Å². The molecule has 0 spiro atoms. The van der Waals surface area contributed by atoms with E-state index < -0.39 is 6.04 Å². The van der Waals surface area contributed by atoms with Gasteiger partial charge in [0.1, 0.15) is 12.1 Å². The van der Waals surface area contributed by atoms with E-state index >= 15 is 0 Å². The van der Waals surface area contributed by atoms with Crippen LogP contribution < -0.4 is 10.6 Å². The Balaban J connectivity index is 1.45. The maximum Gasteiger partial charge on any atom is 0.246 e. The lowest BCUT2D eigenvalue weighted by Gasteiger charge is -2.35. The van der Waals surface area contributed by atoms with Crippen molar-refractivity contribution in [2.24, 2.45) is 11.8 Å². The van der Waals surface area contributed by atoms with E-state index in [9.17, 15) is 14.4 Å². The van der Waals surface area contributed by atoms with Crippen LogP contribution in [0.5, 0.6) is 0 Å². The average Bonchev–Trinajstić information content (AvgIpc) is 3.41. The van der Waals surface area contributed by atoms with E-state index in [0.717, 1.165) is 45.1 Å². The van der Waals surface area contributed by atoms with Crippen molar-refractivity contribution in [3.63, 3.8) is 0 Å². The first-order chi connectivity index (χ1) is 16.0. The van der Waals surface area contributed by atoms with E-state index in [0.29, 0.717) is 13.1 Å². The van der Waals surface area contributed by atoms with Gasteiger partial charge in [-0.25, -0.2) is 0 Å². The number of hydrogen-bond acceptors (Lipinski definition) is 4. The summed E-state index contributed by atoms with van der Waals surface area (Å²) in [6.07, 6.45) is 6.92. The molecule has 1 aromatic rings. The SMILES string of the molecule is CN[C@@H](C)C(=O)N[C@H](C(=O)N1CC[C@H]2CN(CCc3ccccc3)C(=O)[C@H]21)C1CCCCC1. The molecule has 1 saturated carbocycles. The first kappa shape index (κ1) is 23.7. The quantitative estimate of drug-likeness (QED) is 0.629. The van der Waals surface area contributed by atoms with Gasteiger partial charge in [0.05, 0.1) is 6.04 Å². The third kappa shape index (κ3) is 5.24. The van der Waals surface area contributed by atoms with Gasteiger partial charge in [-0.15, -0.1) is 0 Å². The average molecular weight is 455 g/mol. The van der Waals surface area contributed by atoms with Crippen molar-refractivity contribution in [2.45, 2.75) is 70.0 Å². The fraction of sp³-hybridized carbons (Fsp3) is 0.654. The van der Waals surface area contributed by atoms with Crippen LogP contribution in [0.2, 0.25) is 0 Å². The molecule has 2 heterocycles. The van der Waals surface area contributed by atoms with E-state index in [2.05, 4.69) is 22.8 Å². The Morgan fingerprint density at radius 2 is 1.82 bits per heavy atom. The molecule has 0 radical (unpaired) electrons. The maximum atomic E-state index is 13.8. The van der Waals surface area contributed by atoms with Crippen LogP contribution >= 0.6 is 0 Å². The number of carbonyl (C=O) groups excluding carboxylic acids is 3. The first-order valence-corrected chi connectivity index (χ1v) is 12.6. The molecule has 180 valence electrons. The number of hydrogen-bond donors (Lipinski definition) is 2. The van der Waals surface area contributed by atoms with Gasteiger partial charge in [0.15, 0.2) is 0 Å². The van der Waals surface area contributed by atoms with Crippen molar-refractivity contribution in [1.29, 1.82) is 0 Å². The van der Waals surface area contributed by atoms with Crippen molar-refractivity contribution in [3.8, 4) is 0 Å². The highest BCUT2D eigenvalue weighted by atomic mass is 16.2. The van der Waals surface area contributed by atoms with Crippen molar-refractivity contribution in [1.82, 2.24) is 20.4 Å². The second kappa shape index (κ2) is 10.7. The van der Waals surface area contributed by atoms with Crippen LogP contribution in [-0.2, 0) is 20.8 Å². The van der Waals surface area contributed by atoms with Crippen LogP contribution in [0.4, 0.5) is 0 Å². The van der Waals surface area contributed by atoms with E-state index in [4.69, 9.17) is 0 Å². The lowest BCUT2D eigenvalue weighted by atomic mass is 9.83. The number of amides is 3. The Kier molecular flexibility index (Phi) is 7.68. The summed E-state index contributed by atoms with van der Waals surface area (Å²) in [4.78, 5) is 43.5. The smallest absolute Gasteiger partial charge is 0.246 e. The van der Waals surface area contributed by atoms with Gasteiger partial charge in [0.25, 0.3) is 0 Å².